The van der Waals surface area contributed by atoms with E-state index in [1.807, 2.05) is 12.3 Å². The van der Waals surface area contributed by atoms with Gasteiger partial charge in [-0.3, -0.25) is 4.79 Å². The lowest BCUT2D eigenvalue weighted by molar-refractivity contribution is -0.111. The highest BCUT2D eigenvalue weighted by Crippen LogP contribution is 2.26. The number of hydrogen-bond donors (Lipinski definition) is 1. The van der Waals surface area contributed by atoms with Crippen molar-refractivity contribution >= 4 is 38.8 Å². The number of nitrogens with zero attached hydrogens (tertiary/aromatic N) is 1. The molecule has 1 amide bonds. The van der Waals surface area contributed by atoms with E-state index in [0.717, 1.165) is 16.8 Å². The van der Waals surface area contributed by atoms with Crippen molar-refractivity contribution in [2.45, 2.75) is 24.2 Å². The van der Waals surface area contributed by atoms with Crippen LogP contribution in [0.25, 0.3) is 6.08 Å². The van der Waals surface area contributed by atoms with E-state index in [9.17, 15) is 22.0 Å². The Balaban J connectivity index is 1.73. The van der Waals surface area contributed by atoms with Crippen LogP contribution >= 0.6 is 11.3 Å². The Labute approximate surface area is 182 Å². The molecular formula is C21H18F2N2O4S2. The maximum absolute atomic E-state index is 12.9. The second kappa shape index (κ2) is 9.80. The molecule has 6 nitrogen and oxygen atoms in total. The summed E-state index contributed by atoms with van der Waals surface area (Å²) in [6, 6.07) is 12.0. The van der Waals surface area contributed by atoms with Crippen LogP contribution in [0.1, 0.15) is 16.3 Å². The second-order valence-corrected chi connectivity index (χ2v) is 9.26. The lowest BCUT2D eigenvalue weighted by Crippen LogP contribution is -2.16. The van der Waals surface area contributed by atoms with Crippen LogP contribution < -0.4 is 10.1 Å². The first-order chi connectivity index (χ1) is 14.8. The zero-order valence-electron chi connectivity index (χ0n) is 16.3. The molecule has 3 aromatic rings. The summed E-state index contributed by atoms with van der Waals surface area (Å²) in [7, 11) is -4.86. The number of carbonyl (C=O) groups excluding carboxylic acids is 1. The number of benzene rings is 2. The number of amides is 1. The summed E-state index contributed by atoms with van der Waals surface area (Å²) < 4.78 is 55.2. The van der Waals surface area contributed by atoms with Crippen LogP contribution in [0.2, 0.25) is 0 Å². The predicted octanol–water partition coefficient (Wildman–Crippen LogP) is 4.68. The van der Waals surface area contributed by atoms with Crippen molar-refractivity contribution in [3.8, 4) is 5.75 Å². The number of alkyl halides is 2. The summed E-state index contributed by atoms with van der Waals surface area (Å²) in [5.74, 6) is -3.74. The molecule has 0 saturated heterocycles. The fourth-order valence-corrected chi connectivity index (χ4v) is 4.11. The first kappa shape index (κ1) is 22.6. The minimum absolute atomic E-state index is 0.221. The van der Waals surface area contributed by atoms with E-state index in [-0.39, 0.29) is 12.3 Å². The molecule has 3 rings (SSSR count). The van der Waals surface area contributed by atoms with E-state index < -0.39 is 26.4 Å². The molecule has 0 aliphatic heterocycles. The van der Waals surface area contributed by atoms with Crippen molar-refractivity contribution in [1.82, 2.24) is 4.98 Å². The second-order valence-electron chi connectivity index (χ2n) is 6.31. The topological polar surface area (TPSA) is 85.4 Å². The van der Waals surface area contributed by atoms with Crippen molar-refractivity contribution in [3.05, 3.63) is 76.3 Å². The van der Waals surface area contributed by atoms with E-state index in [0.29, 0.717) is 11.3 Å². The van der Waals surface area contributed by atoms with Gasteiger partial charge in [-0.05, 0) is 31.2 Å². The van der Waals surface area contributed by atoms with Gasteiger partial charge in [0.15, 0.2) is 0 Å². The third kappa shape index (κ3) is 5.74. The third-order valence-corrected chi connectivity index (χ3v) is 6.32. The molecule has 1 aromatic heterocycles. The number of aromatic nitrogens is 1. The Morgan fingerprint density at radius 1 is 1.19 bits per heavy atom. The lowest BCUT2D eigenvalue weighted by Gasteiger charge is -2.10. The van der Waals surface area contributed by atoms with E-state index in [2.05, 4.69) is 10.3 Å². The SMILES string of the molecule is Cc1nc(COc2ccccc2/C=C/C(=O)Nc2ccccc2S(=O)(=O)C(F)F)cs1. The van der Waals surface area contributed by atoms with Crippen molar-refractivity contribution in [2.75, 3.05) is 5.32 Å². The van der Waals surface area contributed by atoms with Gasteiger partial charge in [0.1, 0.15) is 12.4 Å². The van der Waals surface area contributed by atoms with Gasteiger partial charge in [0.2, 0.25) is 15.7 Å². The molecule has 31 heavy (non-hydrogen) atoms. The largest absolute Gasteiger partial charge is 0.487 e. The molecule has 2 aromatic carbocycles. The Morgan fingerprint density at radius 2 is 1.90 bits per heavy atom. The standard InChI is InChI=1S/C21H18F2N2O4S2/c1-14-24-16(13-30-14)12-29-18-8-4-2-6-15(18)10-11-20(26)25-17-7-3-5-9-19(17)31(27,28)21(22)23/h2-11,13,21H,12H2,1H3,(H,25,26)/b11-10+. The molecule has 10 heteroatoms. The number of anilines is 1. The molecule has 0 saturated carbocycles. The van der Waals surface area contributed by atoms with Gasteiger partial charge in [-0.25, -0.2) is 13.4 Å². The number of para-hydroxylation sites is 2. The van der Waals surface area contributed by atoms with Crippen LogP contribution in [0.4, 0.5) is 14.5 Å². The van der Waals surface area contributed by atoms with E-state index in [4.69, 9.17) is 4.74 Å². The van der Waals surface area contributed by atoms with Gasteiger partial charge in [-0.15, -0.1) is 11.3 Å². The average molecular weight is 465 g/mol. The maximum atomic E-state index is 12.9. The number of rotatable bonds is 8. The fourth-order valence-electron chi connectivity index (χ4n) is 2.63. The van der Waals surface area contributed by atoms with Gasteiger partial charge in [0.05, 0.1) is 21.3 Å². The van der Waals surface area contributed by atoms with Crippen molar-refractivity contribution < 1.29 is 26.7 Å². The first-order valence-electron chi connectivity index (χ1n) is 9.00. The number of hydrogen-bond acceptors (Lipinski definition) is 6. The Hall–Kier alpha value is -3.11. The third-order valence-electron chi connectivity index (χ3n) is 4.06. The maximum Gasteiger partial charge on any atom is 0.341 e. The van der Waals surface area contributed by atoms with Gasteiger partial charge in [0.25, 0.3) is 0 Å². The van der Waals surface area contributed by atoms with Crippen LogP contribution in [-0.4, -0.2) is 25.1 Å². The van der Waals surface area contributed by atoms with Gasteiger partial charge >= 0.3 is 5.76 Å². The van der Waals surface area contributed by atoms with Crippen molar-refractivity contribution in [2.24, 2.45) is 0 Å². The first-order valence-corrected chi connectivity index (χ1v) is 11.4. The number of aryl methyl sites for hydroxylation is 1. The Bertz CT molecular complexity index is 1210. The quantitative estimate of drug-likeness (QED) is 0.490. The van der Waals surface area contributed by atoms with Gasteiger partial charge in [-0.2, -0.15) is 8.78 Å². The summed E-state index contributed by atoms with van der Waals surface area (Å²) in [6.07, 6.45) is 2.65. The normalized spacial score (nSPS) is 11.7. The van der Waals surface area contributed by atoms with Crippen LogP contribution in [0.5, 0.6) is 5.75 Å². The summed E-state index contributed by atoms with van der Waals surface area (Å²) >= 11 is 1.52. The van der Waals surface area contributed by atoms with Gasteiger partial charge in [0, 0.05) is 17.0 Å². The molecule has 0 unspecified atom stereocenters. The minimum Gasteiger partial charge on any atom is -0.487 e. The van der Waals surface area contributed by atoms with Crippen LogP contribution in [0, 0.1) is 6.92 Å². The monoisotopic (exact) mass is 464 g/mol. The molecule has 0 aliphatic carbocycles. The van der Waals surface area contributed by atoms with E-state index in [1.165, 1.54) is 41.7 Å². The molecule has 0 aliphatic rings. The highest BCUT2D eigenvalue weighted by molar-refractivity contribution is 7.91. The van der Waals surface area contributed by atoms with Crippen LogP contribution in [-0.2, 0) is 21.2 Å². The zero-order valence-corrected chi connectivity index (χ0v) is 17.9. The average Bonchev–Trinajstić information content (AvgIpc) is 3.16. The molecule has 0 bridgehead atoms. The molecule has 1 N–H and O–H groups in total. The molecule has 0 fully saturated rings. The molecule has 1 heterocycles. The molecule has 0 radical (unpaired) electrons. The smallest absolute Gasteiger partial charge is 0.341 e. The summed E-state index contributed by atoms with van der Waals surface area (Å²) in [4.78, 5) is 16.0. The summed E-state index contributed by atoms with van der Waals surface area (Å²) in [6.45, 7) is 2.16. The fraction of sp³-hybridized carbons (Fsp3) is 0.143. The molecule has 0 spiro atoms. The molecular weight excluding hydrogens is 446 g/mol. The van der Waals surface area contributed by atoms with Gasteiger partial charge in [-0.1, -0.05) is 30.3 Å². The highest BCUT2D eigenvalue weighted by Gasteiger charge is 2.29. The number of carbonyl (C=O) groups is 1. The van der Waals surface area contributed by atoms with E-state index >= 15 is 0 Å². The van der Waals surface area contributed by atoms with Crippen molar-refractivity contribution in [1.29, 1.82) is 0 Å². The highest BCUT2D eigenvalue weighted by atomic mass is 32.2. The number of halogens is 2. The van der Waals surface area contributed by atoms with E-state index in [1.54, 1.807) is 24.3 Å². The summed E-state index contributed by atoms with van der Waals surface area (Å²) in [5.41, 5.74) is 1.18. The summed E-state index contributed by atoms with van der Waals surface area (Å²) in [5, 5.41) is 5.16. The molecule has 0 atom stereocenters. The van der Waals surface area contributed by atoms with Crippen molar-refractivity contribution in [3.63, 3.8) is 0 Å². The molecule has 162 valence electrons. The Morgan fingerprint density at radius 3 is 2.61 bits per heavy atom. The number of sulfone groups is 1. The Kier molecular flexibility index (Phi) is 7.13. The number of nitrogens with one attached hydrogen (secondary N) is 1. The predicted molar refractivity (Wildman–Crippen MR) is 115 cm³/mol. The number of thiazole rings is 1. The number of ether oxygens (including phenoxy) is 1. The van der Waals surface area contributed by atoms with Gasteiger partial charge < -0.3 is 10.1 Å². The van der Waals surface area contributed by atoms with Crippen LogP contribution in [0.15, 0.2) is 64.9 Å². The lowest BCUT2D eigenvalue weighted by atomic mass is 10.2. The van der Waals surface area contributed by atoms with Crippen LogP contribution in [0.3, 0.4) is 0 Å². The zero-order chi connectivity index (χ0) is 22.4. The minimum atomic E-state index is -4.86.